The summed E-state index contributed by atoms with van der Waals surface area (Å²) < 4.78 is 18.7. The third-order valence-electron chi connectivity index (χ3n) is 11.6. The number of carbonyl (C=O) groups is 2. The number of fused-ring (bicyclic) bond motifs is 1. The Morgan fingerprint density at radius 2 is 2.02 bits per heavy atom. The van der Waals surface area contributed by atoms with Crippen LogP contribution in [0.5, 0.6) is 5.75 Å². The van der Waals surface area contributed by atoms with Crippen molar-refractivity contribution >= 4 is 29.2 Å². The van der Waals surface area contributed by atoms with E-state index in [-0.39, 0.29) is 23.5 Å². The Hall–Kier alpha value is -3.15. The second-order valence-electron chi connectivity index (χ2n) is 14.9. The molecule has 1 aliphatic carbocycles. The molecule has 3 fully saturated rings. The molecule has 5 unspecified atom stereocenters. The minimum Gasteiger partial charge on any atom is -0.491 e. The van der Waals surface area contributed by atoms with Crippen LogP contribution in [0.25, 0.3) is 0 Å². The van der Waals surface area contributed by atoms with E-state index in [1.807, 2.05) is 13.1 Å². The van der Waals surface area contributed by atoms with Gasteiger partial charge in [-0.2, -0.15) is 0 Å². The van der Waals surface area contributed by atoms with E-state index in [2.05, 4.69) is 41.0 Å². The van der Waals surface area contributed by atoms with Crippen LogP contribution >= 0.6 is 11.6 Å². The summed E-state index contributed by atoms with van der Waals surface area (Å²) in [7, 11) is 1.82. The zero-order valence-corrected chi connectivity index (χ0v) is 31.0. The lowest BCUT2D eigenvalue weighted by atomic mass is 9.70. The van der Waals surface area contributed by atoms with E-state index in [4.69, 9.17) is 25.8 Å². The van der Waals surface area contributed by atoms with Gasteiger partial charge in [0.15, 0.2) is 6.10 Å². The van der Waals surface area contributed by atoms with Crippen molar-refractivity contribution < 1.29 is 34.0 Å². The van der Waals surface area contributed by atoms with Crippen LogP contribution in [0.4, 0.5) is 5.69 Å². The number of nitrogens with zero attached hydrogens (tertiary/aromatic N) is 3. The van der Waals surface area contributed by atoms with Gasteiger partial charge in [-0.1, -0.05) is 49.2 Å². The first kappa shape index (κ1) is 37.6. The van der Waals surface area contributed by atoms with Gasteiger partial charge in [0.05, 0.1) is 43.8 Å². The van der Waals surface area contributed by atoms with E-state index < -0.39 is 12.1 Å². The van der Waals surface area contributed by atoms with Crippen molar-refractivity contribution in [2.24, 2.45) is 11.8 Å². The molecule has 11 heteroatoms. The van der Waals surface area contributed by atoms with Crippen LogP contribution in [0.1, 0.15) is 74.7 Å². The van der Waals surface area contributed by atoms with Gasteiger partial charge in [-0.25, -0.2) is 4.79 Å². The molecule has 6 rings (SSSR count). The number of carboxylic acids is 1. The molecule has 0 bridgehead atoms. The molecule has 3 aliphatic heterocycles. The fraction of sp³-hybridized carbons (Fsp3) is 0.600. The predicted molar refractivity (Wildman–Crippen MR) is 198 cm³/mol. The molecule has 2 aromatic carbocycles. The largest absolute Gasteiger partial charge is 0.491 e. The van der Waals surface area contributed by atoms with Gasteiger partial charge in [-0.15, -0.1) is 0 Å². The lowest BCUT2D eigenvalue weighted by Gasteiger charge is -2.57. The third kappa shape index (κ3) is 8.57. The number of aliphatic hydroxyl groups is 1. The Balaban J connectivity index is 1.23. The number of rotatable bonds is 16. The minimum atomic E-state index is -1.62. The second-order valence-corrected chi connectivity index (χ2v) is 15.4. The third-order valence-corrected chi connectivity index (χ3v) is 11.8. The quantitative estimate of drug-likeness (QED) is 0.211. The molecule has 2 N–H and O–H groups in total. The number of ether oxygens (including phenoxy) is 3. The number of likely N-dealkylation sites (tertiary alicyclic amines) is 1. The Morgan fingerprint density at radius 3 is 2.67 bits per heavy atom. The van der Waals surface area contributed by atoms with Crippen molar-refractivity contribution in [2.45, 2.75) is 76.0 Å². The van der Waals surface area contributed by atoms with Crippen molar-refractivity contribution in [1.82, 2.24) is 9.80 Å². The molecule has 2 saturated heterocycles. The molecule has 1 saturated carbocycles. The molecular weight excluding hydrogens is 670 g/mol. The number of aliphatic carboxylic acids is 1. The van der Waals surface area contributed by atoms with Gasteiger partial charge in [-0.3, -0.25) is 9.69 Å². The highest BCUT2D eigenvalue weighted by Gasteiger charge is 2.50. The van der Waals surface area contributed by atoms with E-state index in [0.29, 0.717) is 49.5 Å². The lowest BCUT2D eigenvalue weighted by Crippen LogP contribution is -2.71. The SMILES string of the molecule is CCCc1cc(Cl)ccc1C1COc2ccc(C(O)C(=O)O)cc2N(CC2CCC2C(/C=C/CCN(C)C(C)=O)OCCN2CCC23COC3)C1. The Kier molecular flexibility index (Phi) is 12.3. The van der Waals surface area contributed by atoms with Gasteiger partial charge in [0.25, 0.3) is 0 Å². The lowest BCUT2D eigenvalue weighted by molar-refractivity contribution is -0.197. The molecule has 5 atom stereocenters. The number of halogens is 1. The number of anilines is 1. The van der Waals surface area contributed by atoms with Crippen LogP contribution < -0.4 is 9.64 Å². The van der Waals surface area contributed by atoms with Crippen molar-refractivity contribution in [3.8, 4) is 5.75 Å². The van der Waals surface area contributed by atoms with Gasteiger partial charge in [0.2, 0.25) is 5.91 Å². The Morgan fingerprint density at radius 1 is 1.20 bits per heavy atom. The molecular formula is C40H54ClN3O7. The maximum absolute atomic E-state index is 11.8. The summed E-state index contributed by atoms with van der Waals surface area (Å²) in [6, 6.07) is 11.4. The number of benzene rings is 2. The first-order chi connectivity index (χ1) is 24.6. The van der Waals surface area contributed by atoms with Crippen LogP contribution in [-0.4, -0.2) is 110 Å². The van der Waals surface area contributed by atoms with E-state index in [1.54, 1.807) is 30.0 Å². The summed E-state index contributed by atoms with van der Waals surface area (Å²) in [5.41, 5.74) is 3.79. The first-order valence-electron chi connectivity index (χ1n) is 18.6. The van der Waals surface area contributed by atoms with Crippen LogP contribution in [0.15, 0.2) is 48.6 Å². The number of amides is 1. The van der Waals surface area contributed by atoms with E-state index >= 15 is 0 Å². The summed E-state index contributed by atoms with van der Waals surface area (Å²) in [5, 5.41) is 20.8. The number of hydrogen-bond donors (Lipinski definition) is 2. The fourth-order valence-corrected chi connectivity index (χ4v) is 8.25. The van der Waals surface area contributed by atoms with Crippen LogP contribution in [0.2, 0.25) is 5.02 Å². The van der Waals surface area contributed by atoms with E-state index in [0.717, 1.165) is 75.7 Å². The molecule has 1 spiro atoms. The van der Waals surface area contributed by atoms with Crippen molar-refractivity contribution in [3.63, 3.8) is 0 Å². The number of aryl methyl sites for hydroxylation is 1. The molecule has 278 valence electrons. The van der Waals surface area contributed by atoms with Crippen molar-refractivity contribution in [2.75, 3.05) is 71.1 Å². The predicted octanol–water partition coefficient (Wildman–Crippen LogP) is 5.70. The highest BCUT2D eigenvalue weighted by atomic mass is 35.5. The maximum atomic E-state index is 11.8. The fourth-order valence-electron chi connectivity index (χ4n) is 8.06. The minimum absolute atomic E-state index is 0.0539. The van der Waals surface area contributed by atoms with Crippen molar-refractivity contribution in [3.05, 3.63) is 70.3 Å². The first-order valence-corrected chi connectivity index (χ1v) is 19.0. The topological polar surface area (TPSA) is 112 Å². The van der Waals surface area contributed by atoms with Gasteiger partial charge in [0, 0.05) is 57.6 Å². The summed E-state index contributed by atoms with van der Waals surface area (Å²) in [5.74, 6) is 0.148. The summed E-state index contributed by atoms with van der Waals surface area (Å²) >= 11 is 6.45. The molecule has 51 heavy (non-hydrogen) atoms. The summed E-state index contributed by atoms with van der Waals surface area (Å²) in [4.78, 5) is 30.1. The van der Waals surface area contributed by atoms with Crippen LogP contribution in [0, 0.1) is 11.8 Å². The number of hydrogen-bond acceptors (Lipinski definition) is 8. The summed E-state index contributed by atoms with van der Waals surface area (Å²) in [6.45, 7) is 10.5. The molecule has 1 amide bonds. The molecule has 0 radical (unpaired) electrons. The molecule has 0 aromatic heterocycles. The van der Waals surface area contributed by atoms with Crippen LogP contribution in [0.3, 0.4) is 0 Å². The van der Waals surface area contributed by atoms with Crippen LogP contribution in [-0.2, 0) is 25.5 Å². The molecule has 2 aromatic rings. The highest BCUT2D eigenvalue weighted by Crippen LogP contribution is 2.44. The smallest absolute Gasteiger partial charge is 0.337 e. The zero-order valence-electron chi connectivity index (χ0n) is 30.3. The monoisotopic (exact) mass is 723 g/mol. The maximum Gasteiger partial charge on any atom is 0.337 e. The normalized spacial score (nSPS) is 23.7. The highest BCUT2D eigenvalue weighted by molar-refractivity contribution is 6.30. The molecule has 3 heterocycles. The average molecular weight is 724 g/mol. The molecule has 10 nitrogen and oxygen atoms in total. The Bertz CT molecular complexity index is 1560. The average Bonchev–Trinajstić information content (AvgIpc) is 3.24. The van der Waals surface area contributed by atoms with E-state index in [1.165, 1.54) is 17.5 Å². The van der Waals surface area contributed by atoms with Gasteiger partial charge in [-0.05, 0) is 84.9 Å². The number of aliphatic hydroxyl groups excluding tert-OH is 1. The van der Waals surface area contributed by atoms with E-state index in [9.17, 15) is 19.8 Å². The van der Waals surface area contributed by atoms with Crippen molar-refractivity contribution in [1.29, 1.82) is 0 Å². The van der Waals surface area contributed by atoms with Gasteiger partial charge in [0.1, 0.15) is 5.75 Å². The number of carboxylic acid groups (broad SMARTS) is 1. The molecule has 4 aliphatic rings. The zero-order chi connectivity index (χ0) is 36.1. The number of carbonyl (C=O) groups excluding carboxylic acids is 1. The second kappa shape index (κ2) is 16.7. The van der Waals surface area contributed by atoms with Gasteiger partial charge >= 0.3 is 5.97 Å². The van der Waals surface area contributed by atoms with Gasteiger partial charge < -0.3 is 34.2 Å². The summed E-state index contributed by atoms with van der Waals surface area (Å²) in [6.07, 6.45) is 8.63. The Labute approximate surface area is 307 Å². The standard InChI is InChI=1S/C40H54ClN3O7/c1-4-7-28-20-32(41)11-13-33(28)31-23-43(35-21-29(38(46)39(47)48)10-14-37(35)51-24-31)22-30-9-12-34(30)36(8-5-6-16-42(3)27(2)45)50-19-18-44-17-15-40(44)25-49-26-40/h5,8,10-11,13-14,20-21,30-31,34,36,38,46H,4,6-7,9,12,15-19,22-26H2,1-3H3,(H,47,48)/b8-5+.